The number of rotatable bonds is 7. The maximum Gasteiger partial charge on any atom is 0.293 e. The van der Waals surface area contributed by atoms with Gasteiger partial charge in [0.25, 0.3) is 6.47 Å². The Morgan fingerprint density at radius 2 is 2.43 bits per heavy atom. The van der Waals surface area contributed by atoms with Crippen LogP contribution in [0.1, 0.15) is 30.9 Å². The molecule has 0 aromatic carbocycles. The van der Waals surface area contributed by atoms with E-state index in [1.807, 2.05) is 17.6 Å². The van der Waals surface area contributed by atoms with Crippen LogP contribution in [0.15, 0.2) is 30.0 Å². The predicted octanol–water partition coefficient (Wildman–Crippen LogP) is 3.34. The van der Waals surface area contributed by atoms with Gasteiger partial charge in [-0.05, 0) is 30.9 Å². The van der Waals surface area contributed by atoms with Gasteiger partial charge in [-0.25, -0.2) is 4.98 Å². The van der Waals surface area contributed by atoms with Gasteiger partial charge in [0.1, 0.15) is 5.00 Å². The smallest absolute Gasteiger partial charge is 0.293 e. The minimum absolute atomic E-state index is 0.175. The summed E-state index contributed by atoms with van der Waals surface area (Å²) >= 11 is 1.56. The molecule has 0 radical (unpaired) electrons. The molecular weight excluding hydrogens is 286 g/mol. The molecule has 2 heterocycles. The first kappa shape index (κ1) is 14.0. The van der Waals surface area contributed by atoms with E-state index in [1.54, 1.807) is 23.7 Å². The maximum atomic E-state index is 10.5. The monoisotopic (exact) mass is 303 g/mol. The van der Waals surface area contributed by atoms with Gasteiger partial charge in [0.2, 0.25) is 0 Å². The summed E-state index contributed by atoms with van der Waals surface area (Å²) < 4.78 is 5.03. The van der Waals surface area contributed by atoms with Gasteiger partial charge in [-0.3, -0.25) is 9.78 Å². The third kappa shape index (κ3) is 3.21. The van der Waals surface area contributed by atoms with E-state index in [0.717, 1.165) is 16.4 Å². The fraction of sp³-hybridized carbons (Fsp3) is 0.400. The van der Waals surface area contributed by atoms with Gasteiger partial charge in [0, 0.05) is 12.1 Å². The van der Waals surface area contributed by atoms with E-state index in [-0.39, 0.29) is 5.92 Å². The molecule has 1 aliphatic rings. The summed E-state index contributed by atoms with van der Waals surface area (Å²) in [7, 11) is 0. The average molecular weight is 303 g/mol. The molecule has 21 heavy (non-hydrogen) atoms. The van der Waals surface area contributed by atoms with Crippen molar-refractivity contribution in [3.8, 4) is 0 Å². The quantitative estimate of drug-likeness (QED) is 0.795. The molecule has 1 N–H and O–H groups in total. The third-order valence-corrected chi connectivity index (χ3v) is 4.69. The van der Waals surface area contributed by atoms with Crippen molar-refractivity contribution in [2.24, 2.45) is 5.92 Å². The Bertz CT molecular complexity index is 584. The first-order chi connectivity index (χ1) is 10.4. The highest BCUT2D eigenvalue weighted by Crippen LogP contribution is 2.42. The Labute approximate surface area is 127 Å². The molecular formula is C15H17N3O2S. The van der Waals surface area contributed by atoms with Crippen molar-refractivity contribution in [3.63, 3.8) is 0 Å². The fourth-order valence-corrected chi connectivity index (χ4v) is 3.38. The van der Waals surface area contributed by atoms with Crippen LogP contribution in [0, 0.1) is 5.92 Å². The number of aromatic nitrogens is 2. The van der Waals surface area contributed by atoms with Gasteiger partial charge in [0.15, 0.2) is 0 Å². The SMILES string of the molecule is O=COCC(c1ncsc1Nc1cccnc1)C1CCC1. The first-order valence-corrected chi connectivity index (χ1v) is 7.92. The molecule has 0 saturated heterocycles. The molecule has 1 unspecified atom stereocenters. The second-order valence-corrected chi connectivity index (χ2v) is 6.02. The molecule has 0 aliphatic heterocycles. The largest absolute Gasteiger partial charge is 0.467 e. The molecule has 3 rings (SSSR count). The zero-order valence-corrected chi connectivity index (χ0v) is 12.4. The Balaban J connectivity index is 1.79. The zero-order valence-electron chi connectivity index (χ0n) is 11.6. The number of carbonyl (C=O) groups is 1. The van der Waals surface area contributed by atoms with Crippen molar-refractivity contribution in [1.82, 2.24) is 9.97 Å². The number of anilines is 2. The van der Waals surface area contributed by atoms with Crippen molar-refractivity contribution in [3.05, 3.63) is 35.7 Å². The Morgan fingerprint density at radius 1 is 1.52 bits per heavy atom. The van der Waals surface area contributed by atoms with E-state index < -0.39 is 0 Å². The molecule has 0 bridgehead atoms. The average Bonchev–Trinajstić information content (AvgIpc) is 2.90. The molecule has 110 valence electrons. The number of pyridine rings is 1. The highest BCUT2D eigenvalue weighted by Gasteiger charge is 2.32. The number of thiazole rings is 1. The summed E-state index contributed by atoms with van der Waals surface area (Å²) in [6.45, 7) is 0.922. The number of nitrogens with zero attached hydrogens (tertiary/aromatic N) is 2. The lowest BCUT2D eigenvalue weighted by Gasteiger charge is -2.32. The standard InChI is InChI=1S/C15H17N3O2S/c19-10-20-8-13(11-3-1-4-11)14-15(21-9-17-14)18-12-5-2-6-16-7-12/h2,5-7,9-11,13,18H,1,3-4,8H2. The second kappa shape index (κ2) is 6.67. The predicted molar refractivity (Wildman–Crippen MR) is 81.7 cm³/mol. The van der Waals surface area contributed by atoms with Crippen LogP contribution in [0.25, 0.3) is 0 Å². The van der Waals surface area contributed by atoms with E-state index in [1.165, 1.54) is 19.3 Å². The molecule has 2 aromatic heterocycles. The van der Waals surface area contributed by atoms with Gasteiger partial charge < -0.3 is 10.1 Å². The number of carbonyl (C=O) groups excluding carboxylic acids is 1. The van der Waals surface area contributed by atoms with Crippen LogP contribution in [0.4, 0.5) is 10.7 Å². The number of nitrogens with one attached hydrogen (secondary N) is 1. The molecule has 1 saturated carbocycles. The van der Waals surface area contributed by atoms with Crippen molar-refractivity contribution in [2.75, 3.05) is 11.9 Å². The zero-order chi connectivity index (χ0) is 14.5. The van der Waals surface area contributed by atoms with Crippen molar-refractivity contribution < 1.29 is 9.53 Å². The summed E-state index contributed by atoms with van der Waals surface area (Å²) in [5, 5.41) is 4.37. The lowest BCUT2D eigenvalue weighted by Crippen LogP contribution is -2.25. The van der Waals surface area contributed by atoms with Crippen LogP contribution in [0.3, 0.4) is 0 Å². The molecule has 5 nitrogen and oxygen atoms in total. The normalized spacial score (nSPS) is 16.0. The molecule has 6 heteroatoms. The van der Waals surface area contributed by atoms with Gasteiger partial charge in [-0.1, -0.05) is 6.42 Å². The Kier molecular flexibility index (Phi) is 4.45. The van der Waals surface area contributed by atoms with Crippen LogP contribution in [0.2, 0.25) is 0 Å². The highest BCUT2D eigenvalue weighted by atomic mass is 32.1. The maximum absolute atomic E-state index is 10.5. The Morgan fingerprint density at radius 3 is 3.10 bits per heavy atom. The van der Waals surface area contributed by atoms with Crippen LogP contribution in [-0.2, 0) is 9.53 Å². The van der Waals surface area contributed by atoms with Crippen LogP contribution in [-0.4, -0.2) is 23.0 Å². The summed E-state index contributed by atoms with van der Waals surface area (Å²) in [4.78, 5) is 19.1. The minimum atomic E-state index is 0.175. The van der Waals surface area contributed by atoms with Crippen molar-refractivity contribution in [2.45, 2.75) is 25.2 Å². The molecule has 2 aromatic rings. The number of hydrogen-bond acceptors (Lipinski definition) is 6. The van der Waals surface area contributed by atoms with Gasteiger partial charge in [-0.15, -0.1) is 11.3 Å². The van der Waals surface area contributed by atoms with Crippen molar-refractivity contribution >= 4 is 28.5 Å². The van der Waals surface area contributed by atoms with Crippen LogP contribution >= 0.6 is 11.3 Å². The van der Waals surface area contributed by atoms with Gasteiger partial charge in [0.05, 0.1) is 29.7 Å². The summed E-state index contributed by atoms with van der Waals surface area (Å²) in [5.41, 5.74) is 3.77. The molecule has 1 fully saturated rings. The van der Waals surface area contributed by atoms with E-state index in [4.69, 9.17) is 4.74 Å². The lowest BCUT2D eigenvalue weighted by molar-refractivity contribution is -0.129. The molecule has 1 aliphatic carbocycles. The van der Waals surface area contributed by atoms with E-state index in [2.05, 4.69) is 15.3 Å². The lowest BCUT2D eigenvalue weighted by atomic mass is 9.75. The Hall–Kier alpha value is -1.95. The third-order valence-electron chi connectivity index (χ3n) is 3.93. The highest BCUT2D eigenvalue weighted by molar-refractivity contribution is 7.14. The summed E-state index contributed by atoms with van der Waals surface area (Å²) in [5.74, 6) is 0.732. The second-order valence-electron chi connectivity index (χ2n) is 5.16. The topological polar surface area (TPSA) is 64.1 Å². The van der Waals surface area contributed by atoms with E-state index in [0.29, 0.717) is 19.0 Å². The molecule has 0 amide bonds. The van der Waals surface area contributed by atoms with E-state index in [9.17, 15) is 4.79 Å². The van der Waals surface area contributed by atoms with Crippen molar-refractivity contribution in [1.29, 1.82) is 0 Å². The van der Waals surface area contributed by atoms with E-state index >= 15 is 0 Å². The molecule has 0 spiro atoms. The van der Waals surface area contributed by atoms with Crippen LogP contribution in [0.5, 0.6) is 0 Å². The van der Waals surface area contributed by atoms with Gasteiger partial charge in [-0.2, -0.15) is 0 Å². The van der Waals surface area contributed by atoms with Gasteiger partial charge >= 0.3 is 0 Å². The van der Waals surface area contributed by atoms with Crippen LogP contribution < -0.4 is 5.32 Å². The minimum Gasteiger partial charge on any atom is -0.467 e. The summed E-state index contributed by atoms with van der Waals surface area (Å²) in [6, 6.07) is 3.86. The summed E-state index contributed by atoms with van der Waals surface area (Å²) in [6.07, 6.45) is 7.13. The number of ether oxygens (including phenoxy) is 1. The number of hydrogen-bond donors (Lipinski definition) is 1. The molecule has 1 atom stereocenters. The first-order valence-electron chi connectivity index (χ1n) is 7.04. The fourth-order valence-electron chi connectivity index (χ4n) is 2.60.